The summed E-state index contributed by atoms with van der Waals surface area (Å²) >= 11 is 19.5. The quantitative estimate of drug-likeness (QED) is 0.226. The van der Waals surface area contributed by atoms with E-state index in [1.807, 2.05) is 0 Å². The van der Waals surface area contributed by atoms with E-state index < -0.39 is 11.9 Å². The van der Waals surface area contributed by atoms with E-state index in [1.165, 1.54) is 11.1 Å². The van der Waals surface area contributed by atoms with Crippen molar-refractivity contribution in [1.82, 2.24) is 0 Å². The summed E-state index contributed by atoms with van der Waals surface area (Å²) in [5.74, 6) is 0.377. The first-order valence-corrected chi connectivity index (χ1v) is 14.0. The Bertz CT molecular complexity index is 485. The van der Waals surface area contributed by atoms with Crippen LogP contribution in [0.5, 0.6) is 0 Å². The average Bonchev–Trinajstić information content (AvgIpc) is 2.36. The maximum absolute atomic E-state index is 6.51. The first-order chi connectivity index (χ1) is 11.0. The van der Waals surface area contributed by atoms with E-state index in [1.54, 1.807) is 0 Å². The molecule has 2 atom stereocenters. The van der Waals surface area contributed by atoms with Crippen molar-refractivity contribution < 1.29 is 0 Å². The Morgan fingerprint density at radius 3 is 1.68 bits per heavy atom. The highest BCUT2D eigenvalue weighted by molar-refractivity contribution is 6.80. The highest BCUT2D eigenvalue weighted by Crippen LogP contribution is 2.58. The molecule has 0 bridgehead atoms. The second-order valence-electron chi connectivity index (χ2n) is 9.62. The third-order valence-corrected chi connectivity index (χ3v) is 9.86. The molecule has 0 amide bonds. The van der Waals surface area contributed by atoms with Gasteiger partial charge in [-0.2, -0.15) is 0 Å². The van der Waals surface area contributed by atoms with Crippen LogP contribution in [0.3, 0.4) is 0 Å². The van der Waals surface area contributed by atoms with Gasteiger partial charge in [0.15, 0.2) is 3.79 Å². The van der Waals surface area contributed by atoms with E-state index in [4.69, 9.17) is 34.8 Å². The van der Waals surface area contributed by atoms with Crippen LogP contribution in [0.4, 0.5) is 0 Å². The van der Waals surface area contributed by atoms with E-state index in [2.05, 4.69) is 87.2 Å². The predicted octanol–water partition coefficient (Wildman–Crippen LogP) is 9.06. The fraction of sp³-hybridized carbons (Fsp3) is 0.810. The number of allylic oxidation sites excluding steroid dienone is 4. The Morgan fingerprint density at radius 1 is 1.04 bits per heavy atom. The SMILES string of the molecule is CC=CC(C(C)=C(CC)C(C(C)(C)C)C(Cl)(Cl)Cl)(C(C)C)[Si](C)(C)C. The van der Waals surface area contributed by atoms with Gasteiger partial charge in [0.2, 0.25) is 0 Å². The van der Waals surface area contributed by atoms with Gasteiger partial charge >= 0.3 is 0 Å². The molecule has 0 aliphatic carbocycles. The van der Waals surface area contributed by atoms with Crippen LogP contribution in [-0.4, -0.2) is 11.9 Å². The van der Waals surface area contributed by atoms with Gasteiger partial charge in [0.05, 0.1) is 8.07 Å². The number of rotatable bonds is 6. The van der Waals surface area contributed by atoms with Crippen LogP contribution in [0.25, 0.3) is 0 Å². The summed E-state index contributed by atoms with van der Waals surface area (Å²) in [7, 11) is -1.60. The molecule has 2 unspecified atom stereocenters. The summed E-state index contributed by atoms with van der Waals surface area (Å²) < 4.78 is -1.32. The molecule has 0 aromatic rings. The molecule has 4 heteroatoms. The maximum atomic E-state index is 6.51. The Labute approximate surface area is 173 Å². The van der Waals surface area contributed by atoms with Crippen LogP contribution >= 0.6 is 34.8 Å². The lowest BCUT2D eigenvalue weighted by atomic mass is 9.72. The number of alkyl halides is 3. The Kier molecular flexibility index (Phi) is 8.91. The van der Waals surface area contributed by atoms with Gasteiger partial charge in [-0.1, -0.05) is 119 Å². The van der Waals surface area contributed by atoms with Gasteiger partial charge in [0, 0.05) is 11.0 Å². The summed E-state index contributed by atoms with van der Waals surface area (Å²) in [5, 5.41) is 0.0481. The van der Waals surface area contributed by atoms with Crippen molar-refractivity contribution in [3.8, 4) is 0 Å². The van der Waals surface area contributed by atoms with Crippen molar-refractivity contribution in [1.29, 1.82) is 0 Å². The molecule has 0 radical (unpaired) electrons. The molecule has 0 spiro atoms. The van der Waals surface area contributed by atoms with Crippen molar-refractivity contribution in [2.45, 2.75) is 90.3 Å². The van der Waals surface area contributed by atoms with Gasteiger partial charge in [0.1, 0.15) is 0 Å². The van der Waals surface area contributed by atoms with Gasteiger partial charge in [0.25, 0.3) is 0 Å². The second-order valence-corrected chi connectivity index (χ2v) is 17.3. The summed E-state index contributed by atoms with van der Waals surface area (Å²) in [6.45, 7) is 25.1. The Hall–Kier alpha value is 0.567. The van der Waals surface area contributed by atoms with Crippen LogP contribution in [-0.2, 0) is 0 Å². The topological polar surface area (TPSA) is 0 Å². The van der Waals surface area contributed by atoms with Crippen molar-refractivity contribution in [2.75, 3.05) is 0 Å². The highest BCUT2D eigenvalue weighted by atomic mass is 35.6. The van der Waals surface area contributed by atoms with Crippen molar-refractivity contribution in [2.24, 2.45) is 17.3 Å². The minimum atomic E-state index is -1.60. The molecule has 0 N–H and O–H groups in total. The van der Waals surface area contributed by atoms with Crippen molar-refractivity contribution in [3.05, 3.63) is 23.3 Å². The minimum absolute atomic E-state index is 0.0481. The molecule has 0 fully saturated rings. The fourth-order valence-electron chi connectivity index (χ4n) is 4.85. The highest BCUT2D eigenvalue weighted by Gasteiger charge is 2.49. The summed E-state index contributed by atoms with van der Waals surface area (Å²) in [5.41, 5.74) is 2.59. The zero-order chi connectivity index (χ0) is 20.4. The first-order valence-electron chi connectivity index (χ1n) is 9.39. The zero-order valence-corrected chi connectivity index (χ0v) is 21.4. The molecule has 0 aliphatic rings. The van der Waals surface area contributed by atoms with E-state index >= 15 is 0 Å². The van der Waals surface area contributed by atoms with Crippen LogP contribution in [0, 0.1) is 17.3 Å². The van der Waals surface area contributed by atoms with E-state index in [-0.39, 0.29) is 16.4 Å². The normalized spacial score (nSPS) is 19.2. The van der Waals surface area contributed by atoms with Crippen molar-refractivity contribution in [3.63, 3.8) is 0 Å². The maximum Gasteiger partial charge on any atom is 0.197 e. The largest absolute Gasteiger partial charge is 0.197 e. The smallest absolute Gasteiger partial charge is 0.0911 e. The molecule has 0 aromatic heterocycles. The molecular formula is C21H39Cl3Si. The monoisotopic (exact) mass is 424 g/mol. The molecule has 25 heavy (non-hydrogen) atoms. The number of halogens is 3. The molecular weight excluding hydrogens is 387 g/mol. The Balaban J connectivity index is 6.99. The van der Waals surface area contributed by atoms with Gasteiger partial charge in [-0.25, -0.2) is 0 Å². The molecule has 0 aromatic carbocycles. The summed E-state index contributed by atoms with van der Waals surface area (Å²) in [4.78, 5) is 0. The third kappa shape index (κ3) is 5.53. The molecule has 0 saturated heterocycles. The second kappa shape index (κ2) is 8.72. The van der Waals surface area contributed by atoms with E-state index in [0.29, 0.717) is 5.92 Å². The Morgan fingerprint density at radius 2 is 1.48 bits per heavy atom. The lowest BCUT2D eigenvalue weighted by Crippen LogP contribution is -2.45. The lowest BCUT2D eigenvalue weighted by Gasteiger charge is -2.49. The van der Waals surface area contributed by atoms with Gasteiger partial charge in [-0.3, -0.25) is 0 Å². The van der Waals surface area contributed by atoms with Crippen LogP contribution in [0.2, 0.25) is 24.7 Å². The van der Waals surface area contributed by atoms with Gasteiger partial charge < -0.3 is 0 Å². The molecule has 0 aliphatic heterocycles. The van der Waals surface area contributed by atoms with Gasteiger partial charge in [-0.05, 0) is 31.6 Å². The molecule has 0 rings (SSSR count). The number of hydrogen-bond donors (Lipinski definition) is 0. The van der Waals surface area contributed by atoms with E-state index in [0.717, 1.165) is 6.42 Å². The summed E-state index contributed by atoms with van der Waals surface area (Å²) in [6, 6.07) is 0. The predicted molar refractivity (Wildman–Crippen MR) is 122 cm³/mol. The van der Waals surface area contributed by atoms with Gasteiger partial charge in [-0.15, -0.1) is 0 Å². The summed E-state index contributed by atoms with van der Waals surface area (Å²) in [6.07, 6.45) is 5.53. The first kappa shape index (κ1) is 25.6. The third-order valence-electron chi connectivity index (χ3n) is 5.61. The van der Waals surface area contributed by atoms with E-state index in [9.17, 15) is 0 Å². The lowest BCUT2D eigenvalue weighted by molar-refractivity contribution is 0.274. The molecule has 148 valence electrons. The molecule has 0 heterocycles. The van der Waals surface area contributed by atoms with Crippen LogP contribution in [0.15, 0.2) is 23.3 Å². The zero-order valence-electron chi connectivity index (χ0n) is 18.2. The van der Waals surface area contributed by atoms with Crippen LogP contribution < -0.4 is 0 Å². The van der Waals surface area contributed by atoms with Crippen molar-refractivity contribution >= 4 is 42.9 Å². The standard InChI is InChI=1S/C21H39Cl3Si/c1-12-14-20(15(3)4,25(9,10)11)16(5)17(13-2)18(19(6,7)8)21(22,23)24/h12,14-15,18H,13H2,1-11H3. The minimum Gasteiger partial charge on any atom is -0.0911 e. The number of hydrogen-bond acceptors (Lipinski definition) is 0. The average molecular weight is 426 g/mol. The van der Waals surface area contributed by atoms with Crippen LogP contribution in [0.1, 0.15) is 61.8 Å². The fourth-order valence-corrected chi connectivity index (χ4v) is 9.92. The molecule has 0 saturated carbocycles. The molecule has 0 nitrogen and oxygen atoms in total.